The van der Waals surface area contributed by atoms with E-state index < -0.39 is 0 Å². The van der Waals surface area contributed by atoms with Crippen LogP contribution in [0, 0.1) is 0 Å². The summed E-state index contributed by atoms with van der Waals surface area (Å²) < 4.78 is 0. The number of aromatic nitrogens is 3. The molecule has 20 heavy (non-hydrogen) atoms. The van der Waals surface area contributed by atoms with Gasteiger partial charge in [0.05, 0.1) is 12.3 Å². The monoisotopic (exact) mass is 308 g/mol. The Balaban J connectivity index is 1.47. The fourth-order valence-electron chi connectivity index (χ4n) is 1.82. The molecular weight excluding hydrogens is 292 g/mol. The minimum absolute atomic E-state index is 0.0983. The van der Waals surface area contributed by atoms with E-state index in [1.165, 1.54) is 29.5 Å². The Kier molecular flexibility index (Phi) is 4.07. The van der Waals surface area contributed by atoms with Crippen LogP contribution in [0.2, 0.25) is 0 Å². The van der Waals surface area contributed by atoms with Gasteiger partial charge in [-0.25, -0.2) is 4.98 Å². The number of carbonyl (C=O) groups is 1. The van der Waals surface area contributed by atoms with Crippen molar-refractivity contribution in [3.63, 3.8) is 0 Å². The third-order valence-electron chi connectivity index (χ3n) is 3.17. The van der Waals surface area contributed by atoms with Gasteiger partial charge in [-0.1, -0.05) is 17.8 Å². The normalized spacial score (nSPS) is 14.4. The summed E-state index contributed by atoms with van der Waals surface area (Å²) in [6.45, 7) is 0.665. The van der Waals surface area contributed by atoms with Crippen molar-refractivity contribution in [3.05, 3.63) is 28.2 Å². The highest BCUT2D eigenvalue weighted by molar-refractivity contribution is 7.99. The molecule has 106 valence electrons. The van der Waals surface area contributed by atoms with Crippen LogP contribution in [-0.2, 0) is 11.3 Å². The molecule has 0 spiro atoms. The summed E-state index contributed by atoms with van der Waals surface area (Å²) in [7, 11) is 1.83. The molecule has 0 atom stereocenters. The van der Waals surface area contributed by atoms with Gasteiger partial charge in [-0.2, -0.15) is 0 Å². The van der Waals surface area contributed by atoms with Crippen molar-refractivity contribution < 1.29 is 4.79 Å². The van der Waals surface area contributed by atoms with Crippen LogP contribution in [0.3, 0.4) is 0 Å². The number of carbonyl (C=O) groups excluding carboxylic acids is 1. The average molecular weight is 308 g/mol. The van der Waals surface area contributed by atoms with Gasteiger partial charge in [-0.15, -0.1) is 16.4 Å². The predicted octanol–water partition coefficient (Wildman–Crippen LogP) is 2.49. The Labute approximate surface area is 125 Å². The second-order valence-corrected chi connectivity index (χ2v) is 6.87. The fraction of sp³-hybridized carbons (Fsp3) is 0.462. The topological polar surface area (TPSA) is 61.9 Å². The highest BCUT2D eigenvalue weighted by Gasteiger charge is 2.27. The van der Waals surface area contributed by atoms with Crippen LogP contribution >= 0.6 is 23.1 Å². The van der Waals surface area contributed by atoms with E-state index >= 15 is 0 Å². The Morgan fingerprint density at radius 2 is 2.45 bits per heavy atom. The number of nitrogens with one attached hydrogen (secondary N) is 1. The van der Waals surface area contributed by atoms with Gasteiger partial charge in [0.2, 0.25) is 11.1 Å². The van der Waals surface area contributed by atoms with E-state index in [2.05, 4.69) is 15.2 Å². The van der Waals surface area contributed by atoms with Crippen LogP contribution < -0.4 is 0 Å². The van der Waals surface area contributed by atoms with Crippen LogP contribution in [0.4, 0.5) is 0 Å². The summed E-state index contributed by atoms with van der Waals surface area (Å²) in [5, 5.41) is 9.79. The largest absolute Gasteiger partial charge is 0.340 e. The zero-order chi connectivity index (χ0) is 13.9. The second kappa shape index (κ2) is 5.97. The third kappa shape index (κ3) is 3.40. The lowest BCUT2D eigenvalue weighted by atomic mass is 10.4. The summed E-state index contributed by atoms with van der Waals surface area (Å²) in [6, 6.07) is 4.04. The van der Waals surface area contributed by atoms with Gasteiger partial charge in [0.1, 0.15) is 5.82 Å². The Hall–Kier alpha value is -1.34. The van der Waals surface area contributed by atoms with Gasteiger partial charge in [-0.05, 0) is 24.3 Å². The first-order valence-electron chi connectivity index (χ1n) is 6.54. The van der Waals surface area contributed by atoms with E-state index in [0.717, 1.165) is 5.82 Å². The molecule has 1 fully saturated rings. The summed E-state index contributed by atoms with van der Waals surface area (Å²) in [5.41, 5.74) is 0. The van der Waals surface area contributed by atoms with Gasteiger partial charge in [0, 0.05) is 17.8 Å². The molecule has 2 heterocycles. The number of nitrogens with zero attached hydrogens (tertiary/aromatic N) is 3. The maximum atomic E-state index is 12.0. The van der Waals surface area contributed by atoms with Crippen molar-refractivity contribution in [1.82, 2.24) is 20.1 Å². The van der Waals surface area contributed by atoms with E-state index in [9.17, 15) is 4.79 Å². The maximum absolute atomic E-state index is 12.0. The summed E-state index contributed by atoms with van der Waals surface area (Å²) in [6.07, 6.45) is 2.39. The number of rotatable bonds is 6. The highest BCUT2D eigenvalue weighted by atomic mass is 32.2. The quantitative estimate of drug-likeness (QED) is 0.833. The Bertz CT molecular complexity index is 577. The Morgan fingerprint density at radius 3 is 3.15 bits per heavy atom. The van der Waals surface area contributed by atoms with Crippen molar-refractivity contribution in [2.75, 3.05) is 12.8 Å². The van der Waals surface area contributed by atoms with Crippen molar-refractivity contribution >= 4 is 29.0 Å². The molecule has 1 amide bonds. The van der Waals surface area contributed by atoms with Crippen molar-refractivity contribution in [3.8, 4) is 0 Å². The molecule has 3 rings (SSSR count). The lowest BCUT2D eigenvalue weighted by molar-refractivity contribution is -0.127. The Morgan fingerprint density at radius 1 is 1.60 bits per heavy atom. The molecule has 0 aromatic carbocycles. The lowest BCUT2D eigenvalue weighted by Gasteiger charge is -2.15. The fourth-order valence-corrected chi connectivity index (χ4v) is 3.33. The van der Waals surface area contributed by atoms with Crippen LogP contribution in [-0.4, -0.2) is 38.8 Å². The van der Waals surface area contributed by atoms with Crippen LogP contribution in [0.25, 0.3) is 0 Å². The van der Waals surface area contributed by atoms with Crippen molar-refractivity contribution in [2.24, 2.45) is 0 Å². The number of thioether (sulfide) groups is 1. The van der Waals surface area contributed by atoms with E-state index in [4.69, 9.17) is 0 Å². The molecule has 7 heteroatoms. The lowest BCUT2D eigenvalue weighted by Crippen LogP contribution is -2.27. The molecular formula is C13H16N4OS2. The van der Waals surface area contributed by atoms with Crippen LogP contribution in [0.15, 0.2) is 22.7 Å². The summed E-state index contributed by atoms with van der Waals surface area (Å²) >= 11 is 3.06. The molecule has 1 saturated carbocycles. The number of aromatic amines is 1. The molecule has 1 N–H and O–H groups in total. The van der Waals surface area contributed by atoms with E-state index in [1.54, 1.807) is 16.2 Å². The highest BCUT2D eigenvalue weighted by Crippen LogP contribution is 2.38. The minimum Gasteiger partial charge on any atom is -0.340 e. The smallest absolute Gasteiger partial charge is 0.233 e. The van der Waals surface area contributed by atoms with Crippen LogP contribution in [0.5, 0.6) is 0 Å². The number of thiophene rings is 1. The van der Waals surface area contributed by atoms with Crippen molar-refractivity contribution in [1.29, 1.82) is 0 Å². The number of hydrogen-bond donors (Lipinski definition) is 1. The van der Waals surface area contributed by atoms with Gasteiger partial charge in [0.15, 0.2) is 0 Å². The summed E-state index contributed by atoms with van der Waals surface area (Å²) in [4.78, 5) is 19.4. The molecule has 2 aromatic rings. The molecule has 0 bridgehead atoms. The average Bonchev–Trinajstić information content (AvgIpc) is 2.98. The maximum Gasteiger partial charge on any atom is 0.233 e. The van der Waals surface area contributed by atoms with Gasteiger partial charge >= 0.3 is 0 Å². The molecule has 0 saturated heterocycles. The minimum atomic E-state index is 0.0983. The van der Waals surface area contributed by atoms with E-state index in [0.29, 0.717) is 23.4 Å². The molecule has 0 aliphatic heterocycles. The number of hydrogen-bond acceptors (Lipinski definition) is 5. The first kappa shape index (κ1) is 13.6. The molecule has 1 aliphatic rings. The molecule has 5 nitrogen and oxygen atoms in total. The zero-order valence-corrected chi connectivity index (χ0v) is 12.8. The standard InChI is InChI=1S/C13H16N4OS2/c1-17(7-10-3-2-6-19-10)11(18)8-20-13-14-12(15-16-13)9-4-5-9/h2-3,6,9H,4-5,7-8H2,1H3,(H,14,15,16). The molecule has 0 radical (unpaired) electrons. The first-order valence-corrected chi connectivity index (χ1v) is 8.40. The van der Waals surface area contributed by atoms with E-state index in [-0.39, 0.29) is 5.91 Å². The molecule has 1 aliphatic carbocycles. The van der Waals surface area contributed by atoms with E-state index in [1.807, 2.05) is 24.6 Å². The molecule has 2 aromatic heterocycles. The number of amides is 1. The van der Waals surface area contributed by atoms with Gasteiger partial charge in [0.25, 0.3) is 0 Å². The summed E-state index contributed by atoms with van der Waals surface area (Å²) in [5.74, 6) is 2.01. The first-order chi connectivity index (χ1) is 9.72. The van der Waals surface area contributed by atoms with Crippen molar-refractivity contribution in [2.45, 2.75) is 30.5 Å². The molecule has 0 unspecified atom stereocenters. The second-order valence-electron chi connectivity index (χ2n) is 4.90. The zero-order valence-electron chi connectivity index (χ0n) is 11.2. The SMILES string of the molecule is CN(Cc1cccs1)C(=O)CSc1n[nH]c(C2CC2)n1. The van der Waals surface area contributed by atoms with Crippen LogP contribution in [0.1, 0.15) is 29.5 Å². The number of H-pyrrole nitrogens is 1. The van der Waals surface area contributed by atoms with Gasteiger partial charge in [-0.3, -0.25) is 9.89 Å². The third-order valence-corrected chi connectivity index (χ3v) is 4.86. The predicted molar refractivity (Wildman–Crippen MR) is 79.9 cm³/mol. The van der Waals surface area contributed by atoms with Gasteiger partial charge < -0.3 is 4.90 Å².